The number of benzene rings is 2. The van der Waals surface area contributed by atoms with Gasteiger partial charge in [0.05, 0.1) is 5.71 Å². The monoisotopic (exact) mass is 413 g/mol. The van der Waals surface area contributed by atoms with E-state index in [0.717, 1.165) is 29.7 Å². The molecule has 0 aliphatic heterocycles. The number of hydrogen-bond acceptors (Lipinski definition) is 4. The summed E-state index contributed by atoms with van der Waals surface area (Å²) in [7, 11) is 0. The van der Waals surface area contributed by atoms with Gasteiger partial charge in [-0.2, -0.15) is 5.10 Å². The van der Waals surface area contributed by atoms with Crippen LogP contribution in [0.1, 0.15) is 37.8 Å². The molecule has 0 saturated heterocycles. The van der Waals surface area contributed by atoms with Gasteiger partial charge in [-0.3, -0.25) is 9.59 Å². The van der Waals surface area contributed by atoms with E-state index < -0.39 is 6.10 Å². The molecule has 2 amide bonds. The van der Waals surface area contributed by atoms with Gasteiger partial charge in [-0.25, -0.2) is 5.43 Å². The first-order valence-electron chi connectivity index (χ1n) is 9.51. The molecule has 0 spiro atoms. The first-order valence-corrected chi connectivity index (χ1v) is 9.89. The van der Waals surface area contributed by atoms with Crippen molar-refractivity contribution in [1.29, 1.82) is 0 Å². The smallest absolute Gasteiger partial charge is 0.280 e. The topological polar surface area (TPSA) is 79.8 Å². The van der Waals surface area contributed by atoms with Gasteiger partial charge in [-0.1, -0.05) is 23.7 Å². The van der Waals surface area contributed by atoms with Gasteiger partial charge >= 0.3 is 0 Å². The molecule has 6 nitrogen and oxygen atoms in total. The van der Waals surface area contributed by atoms with E-state index >= 15 is 0 Å². The highest BCUT2D eigenvalue weighted by Gasteiger charge is 2.29. The normalized spacial score (nSPS) is 14.8. The largest absolute Gasteiger partial charge is 0.481 e. The number of nitrogens with one attached hydrogen (secondary N) is 2. The van der Waals surface area contributed by atoms with Gasteiger partial charge in [-0.05, 0) is 75.1 Å². The van der Waals surface area contributed by atoms with Crippen LogP contribution < -0.4 is 15.5 Å². The maximum Gasteiger partial charge on any atom is 0.280 e. The lowest BCUT2D eigenvalue weighted by Crippen LogP contribution is -2.34. The minimum absolute atomic E-state index is 0.0697. The number of halogens is 1. The van der Waals surface area contributed by atoms with Gasteiger partial charge in [0.2, 0.25) is 5.91 Å². The van der Waals surface area contributed by atoms with Crippen LogP contribution in [0.3, 0.4) is 0 Å². The van der Waals surface area contributed by atoms with Crippen molar-refractivity contribution in [2.24, 2.45) is 11.0 Å². The van der Waals surface area contributed by atoms with Crippen LogP contribution in [0.5, 0.6) is 5.75 Å². The van der Waals surface area contributed by atoms with Crippen LogP contribution in [0, 0.1) is 12.8 Å². The molecule has 3 rings (SSSR count). The van der Waals surface area contributed by atoms with Gasteiger partial charge in [0.15, 0.2) is 6.10 Å². The van der Waals surface area contributed by atoms with Crippen molar-refractivity contribution < 1.29 is 14.3 Å². The second kappa shape index (κ2) is 9.09. The zero-order valence-electron chi connectivity index (χ0n) is 16.7. The van der Waals surface area contributed by atoms with E-state index in [9.17, 15) is 9.59 Å². The summed E-state index contributed by atoms with van der Waals surface area (Å²) in [5, 5.41) is 7.66. The van der Waals surface area contributed by atoms with E-state index in [1.807, 2.05) is 31.2 Å². The van der Waals surface area contributed by atoms with E-state index in [0.29, 0.717) is 16.5 Å². The fourth-order valence-corrected chi connectivity index (χ4v) is 2.89. The van der Waals surface area contributed by atoms with Gasteiger partial charge < -0.3 is 10.1 Å². The first kappa shape index (κ1) is 20.9. The van der Waals surface area contributed by atoms with Crippen molar-refractivity contribution in [1.82, 2.24) is 5.43 Å². The molecule has 1 unspecified atom stereocenters. The van der Waals surface area contributed by atoms with Crippen molar-refractivity contribution >= 4 is 34.8 Å². The number of anilines is 1. The summed E-state index contributed by atoms with van der Waals surface area (Å²) in [5.41, 5.74) is 5.63. The molecule has 1 saturated carbocycles. The zero-order valence-corrected chi connectivity index (χ0v) is 17.4. The Hall–Kier alpha value is -2.86. The Bertz CT molecular complexity index is 937. The van der Waals surface area contributed by atoms with E-state index in [1.165, 1.54) is 0 Å². The quantitative estimate of drug-likeness (QED) is 0.524. The standard InChI is InChI=1S/C22H24ClN3O3/c1-13-12-18(23)8-11-20(13)29-15(3)21(27)26-25-14(2)16-6-9-19(10-7-16)24-22(28)17-4-5-17/h6-12,15,17H,4-5H2,1-3H3,(H,24,28)(H,26,27)/b25-14-. The summed E-state index contributed by atoms with van der Waals surface area (Å²) in [6, 6.07) is 12.6. The summed E-state index contributed by atoms with van der Waals surface area (Å²) in [6.45, 7) is 5.32. The predicted octanol–water partition coefficient (Wildman–Crippen LogP) is 4.30. The number of aryl methyl sites for hydroxylation is 1. The molecule has 2 N–H and O–H groups in total. The van der Waals surface area contributed by atoms with Crippen LogP contribution in [-0.2, 0) is 9.59 Å². The molecule has 152 valence electrons. The third-order valence-corrected chi connectivity index (χ3v) is 4.90. The summed E-state index contributed by atoms with van der Waals surface area (Å²) in [5.74, 6) is 0.475. The van der Waals surface area contributed by atoms with Crippen molar-refractivity contribution in [2.75, 3.05) is 5.32 Å². The molecule has 29 heavy (non-hydrogen) atoms. The Morgan fingerprint density at radius 2 is 1.86 bits per heavy atom. The van der Waals surface area contributed by atoms with Crippen molar-refractivity contribution in [3.63, 3.8) is 0 Å². The fraction of sp³-hybridized carbons (Fsp3) is 0.318. The van der Waals surface area contributed by atoms with Gasteiger partial charge in [0.1, 0.15) is 5.75 Å². The van der Waals surface area contributed by atoms with Crippen LogP contribution in [0.4, 0.5) is 5.69 Å². The van der Waals surface area contributed by atoms with E-state index in [4.69, 9.17) is 16.3 Å². The molecular weight excluding hydrogens is 390 g/mol. The summed E-state index contributed by atoms with van der Waals surface area (Å²) >= 11 is 5.94. The van der Waals surface area contributed by atoms with Crippen LogP contribution in [0.2, 0.25) is 5.02 Å². The Labute approximate surface area is 175 Å². The van der Waals surface area contributed by atoms with Gasteiger partial charge in [0, 0.05) is 16.6 Å². The van der Waals surface area contributed by atoms with Crippen molar-refractivity contribution in [3.05, 3.63) is 58.6 Å². The second-order valence-electron chi connectivity index (χ2n) is 7.18. The molecule has 7 heteroatoms. The molecule has 0 aromatic heterocycles. The highest BCUT2D eigenvalue weighted by atomic mass is 35.5. The van der Waals surface area contributed by atoms with Crippen LogP contribution >= 0.6 is 11.6 Å². The lowest BCUT2D eigenvalue weighted by Gasteiger charge is -2.15. The first-order chi connectivity index (χ1) is 13.8. The molecule has 0 bridgehead atoms. The van der Waals surface area contributed by atoms with Crippen molar-refractivity contribution in [3.8, 4) is 5.75 Å². The van der Waals surface area contributed by atoms with Gasteiger partial charge in [0.25, 0.3) is 5.91 Å². The number of carbonyl (C=O) groups is 2. The maximum atomic E-state index is 12.3. The lowest BCUT2D eigenvalue weighted by molar-refractivity contribution is -0.127. The third-order valence-electron chi connectivity index (χ3n) is 4.66. The highest BCUT2D eigenvalue weighted by molar-refractivity contribution is 6.30. The average Bonchev–Trinajstić information content (AvgIpc) is 3.54. The molecule has 0 heterocycles. The predicted molar refractivity (Wildman–Crippen MR) is 114 cm³/mol. The molecule has 1 fully saturated rings. The number of hydrogen-bond donors (Lipinski definition) is 2. The van der Waals surface area contributed by atoms with Gasteiger partial charge in [-0.15, -0.1) is 0 Å². The van der Waals surface area contributed by atoms with Crippen LogP contribution in [0.15, 0.2) is 47.6 Å². The third kappa shape index (κ3) is 5.81. The number of carbonyl (C=O) groups excluding carboxylic acids is 2. The molecule has 2 aromatic carbocycles. The molecule has 1 aliphatic carbocycles. The Kier molecular flexibility index (Phi) is 6.54. The molecule has 1 aliphatic rings. The SMILES string of the molecule is C/C(=N/NC(=O)C(C)Oc1ccc(Cl)cc1C)c1ccc(NC(=O)C2CC2)cc1. The van der Waals surface area contributed by atoms with Crippen molar-refractivity contribution in [2.45, 2.75) is 39.7 Å². The van der Waals surface area contributed by atoms with E-state index in [2.05, 4.69) is 15.8 Å². The Morgan fingerprint density at radius 3 is 2.48 bits per heavy atom. The summed E-state index contributed by atoms with van der Waals surface area (Å²) in [6.07, 6.45) is 1.22. The Morgan fingerprint density at radius 1 is 1.17 bits per heavy atom. The van der Waals surface area contributed by atoms with E-state index in [-0.39, 0.29) is 17.7 Å². The Balaban J connectivity index is 1.55. The lowest BCUT2D eigenvalue weighted by atomic mass is 10.1. The number of hydrazone groups is 1. The molecule has 1 atom stereocenters. The molecular formula is C22H24ClN3O3. The van der Waals surface area contributed by atoms with E-state index in [1.54, 1.807) is 32.0 Å². The maximum absolute atomic E-state index is 12.3. The minimum atomic E-state index is -0.716. The number of nitrogens with zero attached hydrogens (tertiary/aromatic N) is 1. The number of amides is 2. The zero-order chi connectivity index (χ0) is 21.0. The number of rotatable bonds is 7. The number of ether oxygens (including phenoxy) is 1. The fourth-order valence-electron chi connectivity index (χ4n) is 2.67. The summed E-state index contributed by atoms with van der Waals surface area (Å²) in [4.78, 5) is 24.1. The minimum Gasteiger partial charge on any atom is -0.481 e. The molecule has 0 radical (unpaired) electrons. The van der Waals surface area contributed by atoms with Crippen LogP contribution in [-0.4, -0.2) is 23.6 Å². The highest BCUT2D eigenvalue weighted by Crippen LogP contribution is 2.30. The second-order valence-corrected chi connectivity index (χ2v) is 7.62. The summed E-state index contributed by atoms with van der Waals surface area (Å²) < 4.78 is 5.70. The molecule has 2 aromatic rings. The average molecular weight is 414 g/mol. The van der Waals surface area contributed by atoms with Crippen LogP contribution in [0.25, 0.3) is 0 Å².